The van der Waals surface area contributed by atoms with E-state index in [1.165, 1.54) is 12.1 Å². The average molecular weight is 554 g/mol. The van der Waals surface area contributed by atoms with E-state index in [4.69, 9.17) is 5.11 Å². The van der Waals surface area contributed by atoms with Crippen LogP contribution in [0.15, 0.2) is 78.1 Å². The van der Waals surface area contributed by atoms with E-state index < -0.39 is 17.7 Å². The Bertz CT molecular complexity index is 1090. The first kappa shape index (κ1) is 23.6. The molecule has 0 atom stereocenters. The second-order valence-electron chi connectivity index (χ2n) is 5.58. The van der Waals surface area contributed by atoms with E-state index in [2.05, 4.69) is 34.2 Å². The molecule has 0 aliphatic heterocycles. The quantitative estimate of drug-likeness (QED) is 0.149. The van der Waals surface area contributed by atoms with Gasteiger partial charge in [-0.15, -0.1) is 11.3 Å². The first-order valence-corrected chi connectivity index (χ1v) is 8.88. The zero-order valence-electron chi connectivity index (χ0n) is 14.6. The molecule has 3 aromatic heterocycles. The minimum absolute atomic E-state index is 0. The summed E-state index contributed by atoms with van der Waals surface area (Å²) in [5.41, 5.74) is 1.95. The fraction of sp³-hybridized carbons (Fsp3) is 0.0500. The zero-order chi connectivity index (χ0) is 20.1. The van der Waals surface area contributed by atoms with Crippen LogP contribution in [0.5, 0.6) is 0 Å². The normalized spacial score (nSPS) is 11.5. The second kappa shape index (κ2) is 10.4. The second-order valence-corrected chi connectivity index (χ2v) is 6.53. The fourth-order valence-electron chi connectivity index (χ4n) is 2.38. The molecule has 0 saturated heterocycles. The van der Waals surface area contributed by atoms with Gasteiger partial charge < -0.3 is 5.11 Å². The molecule has 4 nitrogen and oxygen atoms in total. The third kappa shape index (κ3) is 6.15. The van der Waals surface area contributed by atoms with Crippen LogP contribution in [0.2, 0.25) is 0 Å². The smallest absolute Gasteiger partial charge is 0.448 e. The molecular formula is C20H13EuF3N2O2S. The molecule has 9 heteroatoms. The van der Waals surface area contributed by atoms with E-state index in [1.54, 1.807) is 17.8 Å². The van der Waals surface area contributed by atoms with Gasteiger partial charge in [0.1, 0.15) is 0 Å². The van der Waals surface area contributed by atoms with Gasteiger partial charge in [-0.25, -0.2) is 0 Å². The van der Waals surface area contributed by atoms with E-state index >= 15 is 0 Å². The summed E-state index contributed by atoms with van der Waals surface area (Å²) in [5, 5.41) is 12.3. The van der Waals surface area contributed by atoms with Gasteiger partial charge in [-0.3, -0.25) is 14.8 Å². The van der Waals surface area contributed by atoms with Gasteiger partial charge in [-0.1, -0.05) is 30.3 Å². The summed E-state index contributed by atoms with van der Waals surface area (Å²) in [4.78, 5) is 19.9. The Kier molecular flexibility index (Phi) is 8.45. The average Bonchev–Trinajstić information content (AvgIpc) is 3.23. The summed E-state index contributed by atoms with van der Waals surface area (Å²) in [6.45, 7) is 0. The molecule has 1 N–H and O–H groups in total. The Balaban J connectivity index is 0.000000200. The predicted octanol–water partition coefficient (Wildman–Crippen LogP) is 5.72. The first-order valence-electron chi connectivity index (χ1n) is 8.00. The van der Waals surface area contributed by atoms with E-state index in [-0.39, 0.29) is 60.3 Å². The third-order valence-electron chi connectivity index (χ3n) is 3.67. The Labute approximate surface area is 208 Å². The van der Waals surface area contributed by atoms with Crippen LogP contribution >= 0.6 is 11.3 Å². The number of hydrogen-bond donors (Lipinski definition) is 1. The SMILES string of the molecule is O=C(C=C(O)C(F)(F)F)c1cccs1.[Eu].c1cnc2c(c1)ccc1cccnc12. The number of aliphatic hydroxyl groups excluding tert-OH is 1. The number of hydrogen-bond acceptors (Lipinski definition) is 5. The van der Waals surface area contributed by atoms with Crippen LogP contribution in [-0.4, -0.2) is 27.0 Å². The van der Waals surface area contributed by atoms with Gasteiger partial charge in [0.25, 0.3) is 0 Å². The molecule has 29 heavy (non-hydrogen) atoms. The van der Waals surface area contributed by atoms with Crippen LogP contribution in [0, 0.1) is 49.4 Å². The van der Waals surface area contributed by atoms with Crippen molar-refractivity contribution >= 4 is 38.9 Å². The van der Waals surface area contributed by atoms with Crippen LogP contribution in [0.4, 0.5) is 13.2 Å². The monoisotopic (exact) mass is 555 g/mol. The van der Waals surface area contributed by atoms with Crippen molar-refractivity contribution in [2.45, 2.75) is 6.18 Å². The third-order valence-corrected chi connectivity index (χ3v) is 4.55. The van der Waals surface area contributed by atoms with Gasteiger partial charge in [0, 0.05) is 78.6 Å². The fourth-order valence-corrected chi connectivity index (χ4v) is 3.01. The van der Waals surface area contributed by atoms with Gasteiger partial charge in [0.15, 0.2) is 5.78 Å². The first-order chi connectivity index (χ1) is 13.4. The van der Waals surface area contributed by atoms with Crippen molar-refractivity contribution in [1.82, 2.24) is 9.97 Å². The van der Waals surface area contributed by atoms with Crippen molar-refractivity contribution in [1.29, 1.82) is 0 Å². The molecule has 0 aliphatic rings. The molecule has 0 unspecified atom stereocenters. The number of fused-ring (bicyclic) bond motifs is 3. The number of benzene rings is 1. The molecule has 0 fully saturated rings. The molecule has 149 valence electrons. The minimum Gasteiger partial charge on any atom is -0.504 e. The molecule has 0 aliphatic carbocycles. The summed E-state index contributed by atoms with van der Waals surface area (Å²) in [6, 6.07) is 15.1. The van der Waals surface area contributed by atoms with Crippen molar-refractivity contribution in [2.75, 3.05) is 0 Å². The molecular weight excluding hydrogens is 541 g/mol. The summed E-state index contributed by atoms with van der Waals surface area (Å²) in [6.07, 6.45) is -1.09. The number of aromatic nitrogens is 2. The number of rotatable bonds is 2. The van der Waals surface area contributed by atoms with E-state index in [0.29, 0.717) is 0 Å². The molecule has 0 amide bonds. The van der Waals surface area contributed by atoms with Crippen LogP contribution in [-0.2, 0) is 0 Å². The van der Waals surface area contributed by atoms with Gasteiger partial charge in [0.2, 0.25) is 5.76 Å². The molecule has 3 heterocycles. The Morgan fingerprint density at radius 2 is 1.48 bits per heavy atom. The van der Waals surface area contributed by atoms with Crippen molar-refractivity contribution in [3.8, 4) is 0 Å². The minimum atomic E-state index is -4.87. The van der Waals surface area contributed by atoms with Crippen molar-refractivity contribution in [2.24, 2.45) is 0 Å². The predicted molar refractivity (Wildman–Crippen MR) is 102 cm³/mol. The number of carbonyl (C=O) groups excluding carboxylic acids is 1. The van der Waals surface area contributed by atoms with Gasteiger partial charge in [-0.05, 0) is 23.6 Å². The van der Waals surface area contributed by atoms with Crippen LogP contribution in [0.3, 0.4) is 0 Å². The summed E-state index contributed by atoms with van der Waals surface area (Å²) in [5.74, 6) is -2.73. The van der Waals surface area contributed by atoms with Crippen LogP contribution < -0.4 is 0 Å². The summed E-state index contributed by atoms with van der Waals surface area (Å²) in [7, 11) is 0. The summed E-state index contributed by atoms with van der Waals surface area (Å²) < 4.78 is 35.4. The van der Waals surface area contributed by atoms with Gasteiger partial charge in [-0.2, -0.15) is 13.2 Å². The number of aliphatic hydroxyl groups is 1. The zero-order valence-corrected chi connectivity index (χ0v) is 17.8. The van der Waals surface area contributed by atoms with E-state index in [9.17, 15) is 18.0 Å². The molecule has 0 bridgehead atoms. The van der Waals surface area contributed by atoms with Crippen molar-refractivity contribution < 1.29 is 72.4 Å². The number of ketones is 1. The number of pyridine rings is 2. The number of nitrogens with zero attached hydrogens (tertiary/aromatic N) is 2. The van der Waals surface area contributed by atoms with Gasteiger partial charge >= 0.3 is 6.18 Å². The molecule has 0 saturated carbocycles. The van der Waals surface area contributed by atoms with E-state index in [1.807, 2.05) is 12.1 Å². The van der Waals surface area contributed by atoms with Crippen molar-refractivity contribution in [3.05, 3.63) is 83.0 Å². The van der Waals surface area contributed by atoms with Crippen LogP contribution in [0.25, 0.3) is 21.8 Å². The maximum absolute atomic E-state index is 11.8. The number of allylic oxidation sites excluding steroid dienone is 2. The van der Waals surface area contributed by atoms with Gasteiger partial charge in [0.05, 0.1) is 15.9 Å². The number of carbonyl (C=O) groups is 1. The molecule has 4 rings (SSSR count). The Hall–Kier alpha value is -1.68. The number of alkyl halides is 3. The molecule has 1 radical (unpaired) electrons. The Morgan fingerprint density at radius 3 is 1.93 bits per heavy atom. The number of halogens is 3. The van der Waals surface area contributed by atoms with E-state index in [0.717, 1.165) is 33.1 Å². The van der Waals surface area contributed by atoms with Crippen LogP contribution in [0.1, 0.15) is 9.67 Å². The molecule has 1 aromatic carbocycles. The standard InChI is InChI=1S/C12H8N2.C8H5F3O2S.Eu/c1-3-9-5-6-10-4-2-8-14-12(10)11(9)13-7-1;9-8(10,11)7(13)4-5(12)6-2-1-3-14-6;/h1-8H;1-4,13H;. The largest absolute Gasteiger partial charge is 0.504 e. The Morgan fingerprint density at radius 1 is 0.931 bits per heavy atom. The number of thiophene rings is 1. The maximum atomic E-state index is 11.8. The molecule has 4 aromatic rings. The topological polar surface area (TPSA) is 63.1 Å². The van der Waals surface area contributed by atoms with Crippen molar-refractivity contribution in [3.63, 3.8) is 0 Å². The molecule has 0 spiro atoms. The summed E-state index contributed by atoms with van der Waals surface area (Å²) >= 11 is 1.01. The maximum Gasteiger partial charge on any atom is 0.448 e.